The standard InChI is InChI=1S/C26H42N4O4S.C8H10/c1-18(2)17-30(35(33)34)19(3)11-9-10-14-27-24(31)23(29-25(32)26(4,5)6)15-20-16-28-22-13-8-7-12-21(20)22;1-7-3-5-8(2)6-4-7/h7-8,12-13,16,18-19,23,28H,9-11,14-15,17H2,1-6H3,(H,27,31)(H,29,32)(H,33,34);3-6H,1-2H3/p-1/t19-,23+;/m1./s1. The first-order chi connectivity index (χ1) is 20.2. The quantitative estimate of drug-likeness (QED) is 0.163. The molecular formula is C34H51N4O4S-. The molecule has 0 aliphatic rings. The Hall–Kier alpha value is -3.01. The monoisotopic (exact) mass is 611 g/mol. The Morgan fingerprint density at radius 2 is 1.58 bits per heavy atom. The van der Waals surface area contributed by atoms with Gasteiger partial charge in [-0.3, -0.25) is 13.8 Å². The molecule has 0 saturated carbocycles. The number of rotatable bonds is 13. The molecule has 0 fully saturated rings. The first-order valence-corrected chi connectivity index (χ1v) is 16.2. The third-order valence-corrected chi connectivity index (χ3v) is 8.09. The Kier molecular flexibility index (Phi) is 14.6. The van der Waals surface area contributed by atoms with Gasteiger partial charge >= 0.3 is 0 Å². The van der Waals surface area contributed by atoms with Gasteiger partial charge in [-0.2, -0.15) is 0 Å². The van der Waals surface area contributed by atoms with Gasteiger partial charge in [-0.1, -0.05) is 94.6 Å². The zero-order valence-corrected chi connectivity index (χ0v) is 28.0. The molecule has 238 valence electrons. The fourth-order valence-electron chi connectivity index (χ4n) is 4.53. The number of fused-ring (bicyclic) bond motifs is 1. The molecule has 1 aromatic heterocycles. The highest BCUT2D eigenvalue weighted by Crippen LogP contribution is 2.20. The molecule has 0 bridgehead atoms. The van der Waals surface area contributed by atoms with Crippen molar-refractivity contribution in [2.24, 2.45) is 11.3 Å². The number of amides is 2. The molecule has 3 atom stereocenters. The van der Waals surface area contributed by atoms with Gasteiger partial charge < -0.3 is 20.2 Å². The lowest BCUT2D eigenvalue weighted by atomic mass is 9.94. The number of carbonyl (C=O) groups is 2. The first-order valence-electron chi connectivity index (χ1n) is 15.2. The molecule has 0 spiro atoms. The molecule has 3 aromatic rings. The van der Waals surface area contributed by atoms with Gasteiger partial charge in [0.25, 0.3) is 0 Å². The zero-order valence-electron chi connectivity index (χ0n) is 27.2. The van der Waals surface area contributed by atoms with Crippen LogP contribution in [0.25, 0.3) is 10.9 Å². The molecule has 0 radical (unpaired) electrons. The van der Waals surface area contributed by atoms with Crippen LogP contribution in [0, 0.1) is 25.2 Å². The normalized spacial score (nSPS) is 13.7. The average Bonchev–Trinajstić information content (AvgIpc) is 3.34. The molecule has 9 heteroatoms. The number of hydrogen-bond acceptors (Lipinski definition) is 4. The minimum absolute atomic E-state index is 0.0906. The number of nitrogens with zero attached hydrogens (tertiary/aromatic N) is 1. The van der Waals surface area contributed by atoms with E-state index in [4.69, 9.17) is 0 Å². The second kappa shape index (κ2) is 17.3. The summed E-state index contributed by atoms with van der Waals surface area (Å²) in [5, 5.41) is 6.92. The van der Waals surface area contributed by atoms with Gasteiger partial charge in [-0.15, -0.1) is 0 Å². The van der Waals surface area contributed by atoms with E-state index in [0.29, 0.717) is 19.5 Å². The Morgan fingerprint density at radius 1 is 0.977 bits per heavy atom. The van der Waals surface area contributed by atoms with E-state index in [-0.39, 0.29) is 23.8 Å². The fraction of sp³-hybridized carbons (Fsp3) is 0.529. The van der Waals surface area contributed by atoms with Crippen molar-refractivity contribution < 1.29 is 18.4 Å². The third-order valence-electron chi connectivity index (χ3n) is 7.20. The summed E-state index contributed by atoms with van der Waals surface area (Å²) < 4.78 is 24.6. The molecule has 8 nitrogen and oxygen atoms in total. The highest BCUT2D eigenvalue weighted by Gasteiger charge is 2.28. The van der Waals surface area contributed by atoms with Crippen LogP contribution in [0.2, 0.25) is 0 Å². The number of para-hydroxylation sites is 1. The van der Waals surface area contributed by atoms with Gasteiger partial charge in [0.15, 0.2) is 0 Å². The molecule has 0 aliphatic heterocycles. The fourth-order valence-corrected chi connectivity index (χ4v) is 5.35. The van der Waals surface area contributed by atoms with Crippen LogP contribution < -0.4 is 10.6 Å². The van der Waals surface area contributed by atoms with Crippen molar-refractivity contribution >= 4 is 34.0 Å². The van der Waals surface area contributed by atoms with Crippen LogP contribution in [0.5, 0.6) is 0 Å². The number of H-pyrrole nitrogens is 1. The number of nitrogens with one attached hydrogen (secondary N) is 3. The Bertz CT molecular complexity index is 1290. The van der Waals surface area contributed by atoms with Crippen molar-refractivity contribution in [3.8, 4) is 0 Å². The summed E-state index contributed by atoms with van der Waals surface area (Å²) >= 11 is -2.24. The van der Waals surface area contributed by atoms with Crippen molar-refractivity contribution in [3.05, 3.63) is 71.4 Å². The van der Waals surface area contributed by atoms with Crippen LogP contribution in [0.15, 0.2) is 54.7 Å². The molecule has 2 amide bonds. The molecule has 3 rings (SSSR count). The van der Waals surface area contributed by atoms with Crippen molar-refractivity contribution in [2.75, 3.05) is 13.1 Å². The number of unbranched alkanes of at least 4 members (excludes halogenated alkanes) is 1. The molecule has 0 aliphatic carbocycles. The molecule has 2 aromatic carbocycles. The van der Waals surface area contributed by atoms with E-state index in [1.54, 1.807) is 0 Å². The SMILES string of the molecule is CC(C)CN([C@H](C)CCCCNC(=O)[C@H](Cc1c[nH]c2ccccc12)NC(=O)C(C)(C)C)S(=O)[O-].Cc1ccc(C)cc1. The summed E-state index contributed by atoms with van der Waals surface area (Å²) in [6.07, 6.45) is 4.50. The van der Waals surface area contributed by atoms with Crippen LogP contribution in [-0.2, 0) is 27.3 Å². The lowest BCUT2D eigenvalue weighted by molar-refractivity contribution is -0.133. The Morgan fingerprint density at radius 3 is 2.14 bits per heavy atom. The predicted octanol–water partition coefficient (Wildman–Crippen LogP) is 5.97. The minimum Gasteiger partial charge on any atom is -0.760 e. The van der Waals surface area contributed by atoms with Crippen LogP contribution in [-0.4, -0.2) is 55.0 Å². The van der Waals surface area contributed by atoms with E-state index in [9.17, 15) is 18.4 Å². The lowest BCUT2D eigenvalue weighted by Crippen LogP contribution is -2.51. The Balaban J connectivity index is 0.000000694. The van der Waals surface area contributed by atoms with E-state index in [2.05, 4.69) is 53.7 Å². The number of carbonyl (C=O) groups excluding carboxylic acids is 2. The van der Waals surface area contributed by atoms with E-state index >= 15 is 0 Å². The molecule has 43 heavy (non-hydrogen) atoms. The number of aryl methyl sites for hydroxylation is 2. The highest BCUT2D eigenvalue weighted by molar-refractivity contribution is 7.76. The molecular weight excluding hydrogens is 560 g/mol. The van der Waals surface area contributed by atoms with Crippen molar-refractivity contribution in [1.29, 1.82) is 0 Å². The zero-order chi connectivity index (χ0) is 32.2. The van der Waals surface area contributed by atoms with E-state index in [0.717, 1.165) is 35.7 Å². The van der Waals surface area contributed by atoms with Gasteiger partial charge in [0.1, 0.15) is 6.04 Å². The van der Waals surface area contributed by atoms with E-state index in [1.165, 1.54) is 15.4 Å². The molecule has 3 N–H and O–H groups in total. The van der Waals surface area contributed by atoms with Crippen molar-refractivity contribution in [3.63, 3.8) is 0 Å². The number of aromatic amines is 1. The largest absolute Gasteiger partial charge is 0.760 e. The maximum Gasteiger partial charge on any atom is 0.242 e. The second-order valence-corrected chi connectivity index (χ2v) is 13.7. The van der Waals surface area contributed by atoms with Crippen molar-refractivity contribution in [1.82, 2.24) is 19.9 Å². The average molecular weight is 612 g/mol. The Labute approximate surface area is 260 Å². The number of benzene rings is 2. The summed E-state index contributed by atoms with van der Waals surface area (Å²) in [6.45, 7) is 16.5. The van der Waals surface area contributed by atoms with Crippen LogP contribution in [0.4, 0.5) is 0 Å². The van der Waals surface area contributed by atoms with Gasteiger partial charge in [0.05, 0.1) is 0 Å². The summed E-state index contributed by atoms with van der Waals surface area (Å²) in [5.41, 5.74) is 4.01. The number of aromatic nitrogens is 1. The molecule has 0 saturated heterocycles. The van der Waals surface area contributed by atoms with E-state index < -0.39 is 22.7 Å². The second-order valence-electron chi connectivity index (χ2n) is 12.8. The van der Waals surface area contributed by atoms with Gasteiger partial charge in [0.2, 0.25) is 11.8 Å². The molecule has 1 unspecified atom stereocenters. The van der Waals surface area contributed by atoms with E-state index in [1.807, 2.05) is 72.0 Å². The summed E-state index contributed by atoms with van der Waals surface area (Å²) in [6, 6.07) is 15.6. The van der Waals surface area contributed by atoms with Gasteiger partial charge in [0, 0.05) is 59.3 Å². The topological polar surface area (TPSA) is 117 Å². The summed E-state index contributed by atoms with van der Waals surface area (Å²) in [5.74, 6) is -0.141. The highest BCUT2D eigenvalue weighted by atomic mass is 32.2. The number of hydrogen-bond donors (Lipinski definition) is 3. The summed E-state index contributed by atoms with van der Waals surface area (Å²) in [4.78, 5) is 28.9. The first kappa shape index (κ1) is 36.2. The van der Waals surface area contributed by atoms with Crippen molar-refractivity contribution in [2.45, 2.75) is 93.2 Å². The maximum atomic E-state index is 13.1. The predicted molar refractivity (Wildman–Crippen MR) is 176 cm³/mol. The molecule has 1 heterocycles. The third kappa shape index (κ3) is 12.6. The van der Waals surface area contributed by atoms with Crippen LogP contribution in [0.1, 0.15) is 77.5 Å². The maximum absolute atomic E-state index is 13.1. The van der Waals surface area contributed by atoms with Crippen LogP contribution >= 0.6 is 0 Å². The summed E-state index contributed by atoms with van der Waals surface area (Å²) in [7, 11) is 0. The van der Waals surface area contributed by atoms with Gasteiger partial charge in [-0.25, -0.2) is 4.31 Å². The smallest absolute Gasteiger partial charge is 0.242 e. The lowest BCUT2D eigenvalue weighted by Gasteiger charge is -2.31. The minimum atomic E-state index is -2.24. The van der Waals surface area contributed by atoms with Crippen LogP contribution in [0.3, 0.4) is 0 Å². The van der Waals surface area contributed by atoms with Gasteiger partial charge in [-0.05, 0) is 51.2 Å².